The molecule has 1 aromatic carbocycles. The van der Waals surface area contributed by atoms with E-state index < -0.39 is 0 Å². The molecule has 1 aromatic heterocycles. The predicted octanol–water partition coefficient (Wildman–Crippen LogP) is 3.35. The molecule has 0 unspecified atom stereocenters. The Hall–Kier alpha value is -2.96. The molecular formula is C21H26N4O3. The first-order valence-corrected chi connectivity index (χ1v) is 9.70. The maximum absolute atomic E-state index is 10.7. The summed E-state index contributed by atoms with van der Waals surface area (Å²) in [7, 11) is 0. The molecule has 7 nitrogen and oxygen atoms in total. The van der Waals surface area contributed by atoms with Crippen molar-refractivity contribution in [3.05, 3.63) is 47.7 Å². The van der Waals surface area contributed by atoms with E-state index in [0.29, 0.717) is 31.1 Å². The molecule has 148 valence electrons. The molecule has 2 aromatic rings. The monoisotopic (exact) mass is 382 g/mol. The van der Waals surface area contributed by atoms with Gasteiger partial charge in [0.15, 0.2) is 12.1 Å². The Morgan fingerprint density at radius 2 is 1.93 bits per heavy atom. The van der Waals surface area contributed by atoms with Crippen LogP contribution in [-0.2, 0) is 4.84 Å². The van der Waals surface area contributed by atoms with Crippen molar-refractivity contribution in [3.63, 3.8) is 0 Å². The molecule has 1 aliphatic rings. The van der Waals surface area contributed by atoms with Crippen LogP contribution in [0, 0.1) is 5.92 Å². The Kier molecular flexibility index (Phi) is 7.35. The molecular weight excluding hydrogens is 356 g/mol. The lowest BCUT2D eigenvalue weighted by molar-refractivity contribution is 0.111. The highest BCUT2D eigenvalue weighted by Gasteiger charge is 2.20. The molecule has 0 atom stereocenters. The number of oxime groups is 1. The number of carbonyl (C=O) groups excluding carboxylic acids is 1. The summed E-state index contributed by atoms with van der Waals surface area (Å²) in [4.78, 5) is 17.9. The molecule has 3 rings (SSSR count). The van der Waals surface area contributed by atoms with Crippen molar-refractivity contribution < 1.29 is 14.4 Å². The normalized spacial score (nSPS) is 15.0. The van der Waals surface area contributed by atoms with Gasteiger partial charge >= 0.3 is 0 Å². The molecule has 28 heavy (non-hydrogen) atoms. The van der Waals surface area contributed by atoms with Gasteiger partial charge in [-0.25, -0.2) is 0 Å². The van der Waals surface area contributed by atoms with Crippen molar-refractivity contribution in [2.75, 3.05) is 31.2 Å². The number of rotatable bonds is 9. The molecule has 0 aliphatic carbocycles. The van der Waals surface area contributed by atoms with Crippen LogP contribution in [0.4, 0.5) is 5.82 Å². The van der Waals surface area contributed by atoms with Gasteiger partial charge in [0, 0.05) is 13.1 Å². The Morgan fingerprint density at radius 3 is 2.57 bits per heavy atom. The fourth-order valence-electron chi connectivity index (χ4n) is 3.18. The fraction of sp³-hybridized carbons (Fsp3) is 0.429. The summed E-state index contributed by atoms with van der Waals surface area (Å²) >= 11 is 0. The van der Waals surface area contributed by atoms with E-state index in [9.17, 15) is 4.79 Å². The Labute approximate surface area is 165 Å². The zero-order valence-electron chi connectivity index (χ0n) is 16.2. The quantitative estimate of drug-likeness (QED) is 0.376. The fourth-order valence-corrected chi connectivity index (χ4v) is 3.18. The third-order valence-electron chi connectivity index (χ3n) is 4.81. The first kappa shape index (κ1) is 19.8. The minimum Gasteiger partial charge on any atom is -0.494 e. The molecule has 1 fully saturated rings. The van der Waals surface area contributed by atoms with Crippen molar-refractivity contribution in [1.29, 1.82) is 0 Å². The largest absolute Gasteiger partial charge is 0.494 e. The molecule has 0 amide bonds. The van der Waals surface area contributed by atoms with Crippen molar-refractivity contribution in [1.82, 2.24) is 10.2 Å². The van der Waals surface area contributed by atoms with E-state index in [-0.39, 0.29) is 0 Å². The van der Waals surface area contributed by atoms with Crippen molar-refractivity contribution in [3.8, 4) is 5.75 Å². The Balaban J connectivity index is 1.37. The second-order valence-corrected chi connectivity index (χ2v) is 6.72. The van der Waals surface area contributed by atoms with Crippen LogP contribution in [0.5, 0.6) is 5.75 Å². The van der Waals surface area contributed by atoms with Crippen LogP contribution in [-0.4, -0.2) is 49.0 Å². The minimum absolute atomic E-state index is 0.366. The van der Waals surface area contributed by atoms with Gasteiger partial charge in [-0.1, -0.05) is 5.16 Å². The van der Waals surface area contributed by atoms with E-state index in [4.69, 9.17) is 9.57 Å². The summed E-state index contributed by atoms with van der Waals surface area (Å²) in [5.41, 5.74) is 1.35. The van der Waals surface area contributed by atoms with Crippen molar-refractivity contribution in [2.45, 2.75) is 26.2 Å². The number of ether oxygens (including phenoxy) is 1. The molecule has 0 N–H and O–H groups in total. The van der Waals surface area contributed by atoms with Crippen LogP contribution in [0.3, 0.4) is 0 Å². The summed E-state index contributed by atoms with van der Waals surface area (Å²) in [5, 5.41) is 11.9. The molecule has 7 heteroatoms. The topological polar surface area (TPSA) is 76.9 Å². The SMILES string of the molecule is CCON=Cc1ccc(OCCC2CCN(c3ccc(C=O)nn3)CC2)cc1. The van der Waals surface area contributed by atoms with Crippen molar-refractivity contribution >= 4 is 18.3 Å². The highest BCUT2D eigenvalue weighted by atomic mass is 16.6. The van der Waals surface area contributed by atoms with Gasteiger partial charge in [-0.15, -0.1) is 10.2 Å². The number of hydrogen-bond donors (Lipinski definition) is 0. The lowest BCUT2D eigenvalue weighted by Gasteiger charge is -2.32. The Bertz CT molecular complexity index is 754. The van der Waals surface area contributed by atoms with Gasteiger partial charge in [-0.2, -0.15) is 0 Å². The van der Waals surface area contributed by atoms with Gasteiger partial charge < -0.3 is 14.5 Å². The number of benzene rings is 1. The van der Waals surface area contributed by atoms with E-state index >= 15 is 0 Å². The maximum Gasteiger partial charge on any atom is 0.170 e. The van der Waals surface area contributed by atoms with Crippen LogP contribution in [0.15, 0.2) is 41.6 Å². The summed E-state index contributed by atoms with van der Waals surface area (Å²) in [6, 6.07) is 11.4. The van der Waals surface area contributed by atoms with Gasteiger partial charge in [0.05, 0.1) is 12.8 Å². The molecule has 0 spiro atoms. The molecule has 0 bridgehead atoms. The Morgan fingerprint density at radius 1 is 1.14 bits per heavy atom. The number of hydrogen-bond acceptors (Lipinski definition) is 7. The predicted molar refractivity (Wildman–Crippen MR) is 108 cm³/mol. The number of nitrogens with zero attached hydrogens (tertiary/aromatic N) is 4. The second kappa shape index (κ2) is 10.4. The molecule has 0 saturated carbocycles. The molecule has 1 aliphatic heterocycles. The summed E-state index contributed by atoms with van der Waals surface area (Å²) in [5.74, 6) is 2.36. The van der Waals surface area contributed by atoms with Crippen LogP contribution in [0.25, 0.3) is 0 Å². The van der Waals surface area contributed by atoms with E-state index in [1.54, 1.807) is 12.3 Å². The zero-order valence-corrected chi connectivity index (χ0v) is 16.2. The van der Waals surface area contributed by atoms with E-state index in [1.807, 2.05) is 37.3 Å². The number of piperidine rings is 1. The van der Waals surface area contributed by atoms with E-state index in [2.05, 4.69) is 20.3 Å². The van der Waals surface area contributed by atoms with Crippen LogP contribution >= 0.6 is 0 Å². The molecule has 0 radical (unpaired) electrons. The average molecular weight is 382 g/mol. The van der Waals surface area contributed by atoms with Gasteiger partial charge in [-0.05, 0) is 74.1 Å². The van der Waals surface area contributed by atoms with Gasteiger partial charge in [0.25, 0.3) is 0 Å². The summed E-state index contributed by atoms with van der Waals surface area (Å²) in [6.07, 6.45) is 5.65. The van der Waals surface area contributed by atoms with E-state index in [1.165, 1.54) is 0 Å². The number of aldehydes is 1. The lowest BCUT2D eigenvalue weighted by Crippen LogP contribution is -2.34. The number of aromatic nitrogens is 2. The standard InChI is InChI=1S/C21H26N4O3/c1-2-28-22-15-18-3-6-20(7-4-18)27-14-11-17-9-12-25(13-10-17)21-8-5-19(16-26)23-24-21/h3-8,15-17H,2,9-14H2,1H3. The highest BCUT2D eigenvalue weighted by molar-refractivity contribution is 5.79. The first-order chi connectivity index (χ1) is 13.8. The van der Waals surface area contributed by atoms with Crippen LogP contribution < -0.4 is 9.64 Å². The van der Waals surface area contributed by atoms with Crippen LogP contribution in [0.2, 0.25) is 0 Å². The van der Waals surface area contributed by atoms with Gasteiger partial charge in [0.2, 0.25) is 0 Å². The van der Waals surface area contributed by atoms with E-state index in [0.717, 1.165) is 49.5 Å². The van der Waals surface area contributed by atoms with Gasteiger partial charge in [0.1, 0.15) is 18.1 Å². The summed E-state index contributed by atoms with van der Waals surface area (Å²) in [6.45, 7) is 5.08. The third kappa shape index (κ3) is 5.77. The average Bonchev–Trinajstić information content (AvgIpc) is 2.76. The maximum atomic E-state index is 10.7. The zero-order chi connectivity index (χ0) is 19.6. The first-order valence-electron chi connectivity index (χ1n) is 9.70. The lowest BCUT2D eigenvalue weighted by atomic mass is 9.94. The molecule has 2 heterocycles. The second-order valence-electron chi connectivity index (χ2n) is 6.72. The highest BCUT2D eigenvalue weighted by Crippen LogP contribution is 2.24. The number of anilines is 1. The van der Waals surface area contributed by atoms with Gasteiger partial charge in [-0.3, -0.25) is 4.79 Å². The molecule has 1 saturated heterocycles. The minimum atomic E-state index is 0.366. The van der Waals surface area contributed by atoms with Crippen molar-refractivity contribution in [2.24, 2.45) is 11.1 Å². The number of carbonyl (C=O) groups is 1. The smallest absolute Gasteiger partial charge is 0.170 e. The third-order valence-corrected chi connectivity index (χ3v) is 4.81. The van der Waals surface area contributed by atoms with Crippen LogP contribution in [0.1, 0.15) is 42.2 Å². The summed E-state index contributed by atoms with van der Waals surface area (Å²) < 4.78 is 5.88.